The second-order valence-electron chi connectivity index (χ2n) is 6.26. The molecule has 0 saturated carbocycles. The first kappa shape index (κ1) is 16.4. The van der Waals surface area contributed by atoms with E-state index in [9.17, 15) is 4.79 Å². The predicted molar refractivity (Wildman–Crippen MR) is 96.1 cm³/mol. The number of likely N-dealkylation sites (tertiary alicyclic amines) is 1. The van der Waals surface area contributed by atoms with Crippen LogP contribution < -0.4 is 10.3 Å². The van der Waals surface area contributed by atoms with Gasteiger partial charge in [0.2, 0.25) is 0 Å². The van der Waals surface area contributed by atoms with Gasteiger partial charge in [-0.2, -0.15) is 5.10 Å². The van der Waals surface area contributed by atoms with E-state index in [4.69, 9.17) is 0 Å². The molecule has 4 nitrogen and oxygen atoms in total. The Labute approximate surface area is 143 Å². The first-order valence-electron chi connectivity index (χ1n) is 8.58. The molecule has 0 bridgehead atoms. The fraction of sp³-hybridized carbons (Fsp3) is 0.300. The molecule has 1 saturated heterocycles. The van der Waals surface area contributed by atoms with Crippen molar-refractivity contribution in [2.24, 2.45) is 5.10 Å². The number of quaternary nitrogens is 1. The second kappa shape index (κ2) is 7.88. The highest BCUT2D eigenvalue weighted by Crippen LogP contribution is 2.10. The van der Waals surface area contributed by atoms with Crippen molar-refractivity contribution in [3.63, 3.8) is 0 Å². The Morgan fingerprint density at radius 2 is 1.46 bits per heavy atom. The normalized spacial score (nSPS) is 15.7. The van der Waals surface area contributed by atoms with Crippen LogP contribution >= 0.6 is 0 Å². The van der Waals surface area contributed by atoms with Crippen LogP contribution in [0.25, 0.3) is 0 Å². The fourth-order valence-corrected chi connectivity index (χ4v) is 3.14. The maximum Gasteiger partial charge on any atom is 0.298 e. The van der Waals surface area contributed by atoms with Gasteiger partial charge in [0.15, 0.2) is 6.04 Å². The Kier molecular flexibility index (Phi) is 5.39. The van der Waals surface area contributed by atoms with E-state index in [-0.39, 0.29) is 11.9 Å². The third kappa shape index (κ3) is 3.89. The molecule has 0 spiro atoms. The molecule has 0 aromatic heterocycles. The van der Waals surface area contributed by atoms with Crippen LogP contribution in [0.1, 0.15) is 30.9 Å². The lowest BCUT2D eigenvalue weighted by Gasteiger charge is -2.19. The minimum Gasteiger partial charge on any atom is -0.325 e. The van der Waals surface area contributed by atoms with Crippen LogP contribution in [0, 0.1) is 0 Å². The SMILES string of the molecule is C[C@@H](C(=O)NN=C(c1ccccc1)c1ccccc1)[NH+]1CCCC1. The molecule has 2 aromatic carbocycles. The van der Waals surface area contributed by atoms with Crippen LogP contribution in [-0.2, 0) is 4.79 Å². The van der Waals surface area contributed by atoms with Crippen LogP contribution in [0.3, 0.4) is 0 Å². The zero-order chi connectivity index (χ0) is 16.8. The van der Waals surface area contributed by atoms with Gasteiger partial charge in [-0.25, -0.2) is 5.43 Å². The number of hydrazone groups is 1. The number of carbonyl (C=O) groups excluding carboxylic acids is 1. The highest BCUT2D eigenvalue weighted by molar-refractivity contribution is 6.13. The van der Waals surface area contributed by atoms with Crippen LogP contribution in [0.4, 0.5) is 0 Å². The van der Waals surface area contributed by atoms with Crippen molar-refractivity contribution in [3.05, 3.63) is 71.8 Å². The molecular formula is C20H24N3O+. The van der Waals surface area contributed by atoms with Crippen molar-refractivity contribution in [3.8, 4) is 0 Å². The summed E-state index contributed by atoms with van der Waals surface area (Å²) in [6.07, 6.45) is 2.41. The molecule has 1 atom stereocenters. The van der Waals surface area contributed by atoms with Crippen molar-refractivity contribution in [2.75, 3.05) is 13.1 Å². The van der Waals surface area contributed by atoms with E-state index in [2.05, 4.69) is 10.5 Å². The molecule has 1 aliphatic rings. The minimum absolute atomic E-state index is 0.0173. The average Bonchev–Trinajstić information content (AvgIpc) is 3.17. The van der Waals surface area contributed by atoms with Crippen molar-refractivity contribution >= 4 is 11.6 Å². The zero-order valence-electron chi connectivity index (χ0n) is 14.0. The van der Waals surface area contributed by atoms with E-state index in [0.29, 0.717) is 0 Å². The largest absolute Gasteiger partial charge is 0.325 e. The van der Waals surface area contributed by atoms with Gasteiger partial charge in [-0.05, 0) is 6.92 Å². The Morgan fingerprint density at radius 1 is 0.958 bits per heavy atom. The Hall–Kier alpha value is -2.46. The average molecular weight is 322 g/mol. The number of rotatable bonds is 5. The van der Waals surface area contributed by atoms with Crippen LogP contribution in [-0.4, -0.2) is 30.8 Å². The first-order valence-corrected chi connectivity index (χ1v) is 8.58. The molecule has 24 heavy (non-hydrogen) atoms. The lowest BCUT2D eigenvalue weighted by Crippen LogP contribution is -3.14. The highest BCUT2D eigenvalue weighted by atomic mass is 16.2. The fourth-order valence-electron chi connectivity index (χ4n) is 3.14. The van der Waals surface area contributed by atoms with E-state index in [1.165, 1.54) is 17.7 Å². The molecule has 1 aliphatic heterocycles. The maximum absolute atomic E-state index is 12.5. The van der Waals surface area contributed by atoms with Gasteiger partial charge < -0.3 is 4.90 Å². The monoisotopic (exact) mass is 322 g/mol. The van der Waals surface area contributed by atoms with Gasteiger partial charge in [-0.15, -0.1) is 0 Å². The van der Waals surface area contributed by atoms with Gasteiger partial charge in [-0.3, -0.25) is 4.79 Å². The van der Waals surface area contributed by atoms with Gasteiger partial charge in [0.05, 0.1) is 18.8 Å². The van der Waals surface area contributed by atoms with E-state index >= 15 is 0 Å². The second-order valence-corrected chi connectivity index (χ2v) is 6.26. The van der Waals surface area contributed by atoms with Gasteiger partial charge in [-0.1, -0.05) is 60.7 Å². The molecule has 0 radical (unpaired) electrons. The summed E-state index contributed by atoms with van der Waals surface area (Å²) in [5.74, 6) is -0.0173. The predicted octanol–water partition coefficient (Wildman–Crippen LogP) is 1.62. The van der Waals surface area contributed by atoms with Crippen molar-refractivity contribution in [2.45, 2.75) is 25.8 Å². The van der Waals surface area contributed by atoms with Crippen LogP contribution in [0.5, 0.6) is 0 Å². The molecule has 3 rings (SSSR count). The quantitative estimate of drug-likeness (QED) is 0.638. The third-order valence-corrected chi connectivity index (χ3v) is 4.62. The number of benzene rings is 2. The topological polar surface area (TPSA) is 45.9 Å². The third-order valence-electron chi connectivity index (χ3n) is 4.62. The van der Waals surface area contributed by atoms with Gasteiger partial charge in [0.25, 0.3) is 5.91 Å². The summed E-state index contributed by atoms with van der Waals surface area (Å²) in [4.78, 5) is 13.8. The van der Waals surface area contributed by atoms with E-state index < -0.39 is 0 Å². The minimum atomic E-state index is -0.0657. The molecule has 1 heterocycles. The lowest BCUT2D eigenvalue weighted by atomic mass is 10.0. The summed E-state index contributed by atoms with van der Waals surface area (Å²) in [6.45, 7) is 4.13. The maximum atomic E-state index is 12.5. The van der Waals surface area contributed by atoms with Gasteiger partial charge >= 0.3 is 0 Å². The summed E-state index contributed by atoms with van der Waals surface area (Å²) in [7, 11) is 0. The van der Waals surface area contributed by atoms with E-state index in [0.717, 1.165) is 29.9 Å². The number of carbonyl (C=O) groups is 1. The van der Waals surface area contributed by atoms with Gasteiger partial charge in [0, 0.05) is 24.0 Å². The number of hydrogen-bond donors (Lipinski definition) is 2. The molecule has 4 heteroatoms. The summed E-state index contributed by atoms with van der Waals surface area (Å²) in [5.41, 5.74) is 5.55. The van der Waals surface area contributed by atoms with E-state index in [1.807, 2.05) is 67.6 Å². The molecule has 2 aromatic rings. The molecule has 0 unspecified atom stereocenters. The lowest BCUT2D eigenvalue weighted by molar-refractivity contribution is -0.901. The first-order chi connectivity index (χ1) is 11.8. The number of amides is 1. The Balaban J connectivity index is 1.80. The molecular weight excluding hydrogens is 298 g/mol. The van der Waals surface area contributed by atoms with Gasteiger partial charge in [0.1, 0.15) is 0 Å². The zero-order valence-corrected chi connectivity index (χ0v) is 14.0. The molecule has 2 N–H and O–H groups in total. The summed E-state index contributed by atoms with van der Waals surface area (Å²) in [5, 5.41) is 4.46. The smallest absolute Gasteiger partial charge is 0.298 e. The number of nitrogens with zero attached hydrogens (tertiary/aromatic N) is 1. The molecule has 1 fully saturated rings. The summed E-state index contributed by atoms with van der Waals surface area (Å²) >= 11 is 0. The highest BCUT2D eigenvalue weighted by Gasteiger charge is 2.27. The van der Waals surface area contributed by atoms with Crippen molar-refractivity contribution in [1.82, 2.24) is 5.43 Å². The Morgan fingerprint density at radius 3 is 1.96 bits per heavy atom. The van der Waals surface area contributed by atoms with E-state index in [1.54, 1.807) is 0 Å². The number of nitrogens with one attached hydrogen (secondary N) is 2. The van der Waals surface area contributed by atoms with Crippen molar-refractivity contribution in [1.29, 1.82) is 0 Å². The number of hydrogen-bond acceptors (Lipinski definition) is 2. The Bertz CT molecular complexity index is 650. The summed E-state index contributed by atoms with van der Waals surface area (Å²) < 4.78 is 0. The molecule has 0 aliphatic carbocycles. The standard InChI is InChI=1S/C20H23N3O/c1-16(23-14-8-9-15-23)20(24)22-21-19(17-10-4-2-5-11-17)18-12-6-3-7-13-18/h2-7,10-13,16H,8-9,14-15H2,1H3,(H,22,24)/p+1/t16-/m0/s1. The van der Waals surface area contributed by atoms with Crippen LogP contribution in [0.15, 0.2) is 65.8 Å². The molecule has 1 amide bonds. The van der Waals surface area contributed by atoms with Crippen LogP contribution in [0.2, 0.25) is 0 Å². The summed E-state index contributed by atoms with van der Waals surface area (Å²) in [6, 6.07) is 19.8. The van der Waals surface area contributed by atoms with Crippen molar-refractivity contribution < 1.29 is 9.69 Å². The molecule has 124 valence electrons.